The van der Waals surface area contributed by atoms with E-state index in [1.54, 1.807) is 0 Å². The molecule has 0 bridgehead atoms. The summed E-state index contributed by atoms with van der Waals surface area (Å²) in [6, 6.07) is 7.46. The van der Waals surface area contributed by atoms with E-state index in [4.69, 9.17) is 5.73 Å². The van der Waals surface area contributed by atoms with Crippen molar-refractivity contribution in [3.05, 3.63) is 30.1 Å². The molecule has 1 unspecified atom stereocenters. The molecule has 1 aromatic heterocycles. The summed E-state index contributed by atoms with van der Waals surface area (Å²) in [5.41, 5.74) is 7.15. The van der Waals surface area contributed by atoms with Crippen molar-refractivity contribution in [2.24, 2.45) is 11.7 Å². The van der Waals surface area contributed by atoms with E-state index >= 15 is 0 Å². The number of anilines is 1. The Bertz CT molecular complexity index is 590. The van der Waals surface area contributed by atoms with Crippen LogP contribution in [0.1, 0.15) is 32.5 Å². The zero-order chi connectivity index (χ0) is 15.2. The first kappa shape index (κ1) is 15.2. The lowest BCUT2D eigenvalue weighted by atomic mass is 10.1. The van der Waals surface area contributed by atoms with Crippen LogP contribution in [0.2, 0.25) is 0 Å². The Morgan fingerprint density at radius 3 is 2.67 bits per heavy atom. The number of nitrogens with one attached hydrogen (secondary N) is 2. The maximum Gasteiger partial charge on any atom is 0.227 e. The summed E-state index contributed by atoms with van der Waals surface area (Å²) in [6.07, 6.45) is 1.89. The molecule has 0 fully saturated rings. The number of hydrogen-bond acceptors (Lipinski definition) is 4. The van der Waals surface area contributed by atoms with Crippen molar-refractivity contribution in [2.75, 3.05) is 5.32 Å². The molecule has 0 spiro atoms. The fraction of sp³-hybridized carbons (Fsp3) is 0.400. The largest absolute Gasteiger partial charge is 0.326 e. The van der Waals surface area contributed by atoms with Gasteiger partial charge in [-0.05, 0) is 30.7 Å². The van der Waals surface area contributed by atoms with Gasteiger partial charge in [-0.2, -0.15) is 5.10 Å². The van der Waals surface area contributed by atoms with Gasteiger partial charge in [0.25, 0.3) is 0 Å². The summed E-state index contributed by atoms with van der Waals surface area (Å²) < 4.78 is 0. The van der Waals surface area contributed by atoms with Crippen molar-refractivity contribution < 1.29 is 4.79 Å². The van der Waals surface area contributed by atoms with Gasteiger partial charge in [-0.1, -0.05) is 20.3 Å². The highest BCUT2D eigenvalue weighted by Gasteiger charge is 2.12. The van der Waals surface area contributed by atoms with Gasteiger partial charge in [0, 0.05) is 17.2 Å². The Balaban J connectivity index is 2.03. The van der Waals surface area contributed by atoms with E-state index < -0.39 is 0 Å². The standard InChI is InChI=1S/C15H21N5O/c1-3-4-10(2)15(21)17-12-7-5-11(6-8-12)14-18-13(9-16)19-20-14/h5-8,10H,3-4,9,16H2,1-2H3,(H,17,21)(H,18,19,20). The van der Waals surface area contributed by atoms with Crippen molar-refractivity contribution in [1.82, 2.24) is 15.2 Å². The third-order valence-electron chi connectivity index (χ3n) is 3.30. The average Bonchev–Trinajstić information content (AvgIpc) is 2.97. The monoisotopic (exact) mass is 287 g/mol. The minimum absolute atomic E-state index is 0.0230. The normalized spacial score (nSPS) is 12.1. The van der Waals surface area contributed by atoms with Crippen LogP contribution in [0, 0.1) is 5.92 Å². The second kappa shape index (κ2) is 6.99. The highest BCUT2D eigenvalue weighted by molar-refractivity contribution is 5.92. The predicted octanol–water partition coefficient (Wildman–Crippen LogP) is 2.31. The summed E-state index contributed by atoms with van der Waals surface area (Å²) >= 11 is 0. The Hall–Kier alpha value is -2.21. The summed E-state index contributed by atoms with van der Waals surface area (Å²) in [5, 5.41) is 9.78. The van der Waals surface area contributed by atoms with Crippen molar-refractivity contribution in [2.45, 2.75) is 33.2 Å². The summed E-state index contributed by atoms with van der Waals surface area (Å²) in [4.78, 5) is 16.2. The molecule has 0 radical (unpaired) electrons. The lowest BCUT2D eigenvalue weighted by Crippen LogP contribution is -2.20. The molecule has 0 aliphatic rings. The van der Waals surface area contributed by atoms with Crippen molar-refractivity contribution in [3.63, 3.8) is 0 Å². The van der Waals surface area contributed by atoms with Gasteiger partial charge in [0.2, 0.25) is 5.91 Å². The number of nitrogens with zero attached hydrogens (tertiary/aromatic N) is 2. The second-order valence-electron chi connectivity index (χ2n) is 5.07. The molecule has 4 N–H and O–H groups in total. The van der Waals surface area contributed by atoms with Gasteiger partial charge in [-0.3, -0.25) is 9.89 Å². The summed E-state index contributed by atoms with van der Waals surface area (Å²) in [7, 11) is 0. The molecule has 1 aromatic carbocycles. The highest BCUT2D eigenvalue weighted by Crippen LogP contribution is 2.18. The first-order valence-electron chi connectivity index (χ1n) is 7.16. The van der Waals surface area contributed by atoms with E-state index in [0.29, 0.717) is 18.2 Å². The third-order valence-corrected chi connectivity index (χ3v) is 3.30. The van der Waals surface area contributed by atoms with Gasteiger partial charge in [0.1, 0.15) is 5.82 Å². The summed E-state index contributed by atoms with van der Waals surface area (Å²) in [5.74, 6) is 1.33. The van der Waals surface area contributed by atoms with Gasteiger partial charge in [-0.25, -0.2) is 4.98 Å². The molecule has 6 heteroatoms. The van der Waals surface area contributed by atoms with Crippen LogP contribution in [0.4, 0.5) is 5.69 Å². The number of H-pyrrole nitrogens is 1. The average molecular weight is 287 g/mol. The Kier molecular flexibility index (Phi) is 5.05. The maximum atomic E-state index is 11.9. The molecule has 2 rings (SSSR count). The van der Waals surface area contributed by atoms with Gasteiger partial charge in [0.15, 0.2) is 5.82 Å². The Morgan fingerprint density at radius 1 is 1.38 bits per heavy atom. The molecule has 0 aliphatic heterocycles. The number of aromatic amines is 1. The fourth-order valence-corrected chi connectivity index (χ4v) is 2.05. The van der Waals surface area contributed by atoms with Crippen molar-refractivity contribution in [1.29, 1.82) is 0 Å². The van der Waals surface area contributed by atoms with E-state index in [9.17, 15) is 4.79 Å². The van der Waals surface area contributed by atoms with Crippen LogP contribution in [0.15, 0.2) is 24.3 Å². The molecule has 0 saturated carbocycles. The molecule has 0 aliphatic carbocycles. The van der Waals surface area contributed by atoms with Crippen LogP contribution in [0.3, 0.4) is 0 Å². The van der Waals surface area contributed by atoms with Crippen molar-refractivity contribution >= 4 is 11.6 Å². The Morgan fingerprint density at radius 2 is 2.10 bits per heavy atom. The quantitative estimate of drug-likeness (QED) is 0.759. The molecule has 0 saturated heterocycles. The highest BCUT2D eigenvalue weighted by atomic mass is 16.1. The van der Waals surface area contributed by atoms with Gasteiger partial charge < -0.3 is 11.1 Å². The predicted molar refractivity (Wildman–Crippen MR) is 82.4 cm³/mol. The fourth-order valence-electron chi connectivity index (χ4n) is 2.05. The number of amides is 1. The number of rotatable bonds is 6. The van der Waals surface area contributed by atoms with Crippen LogP contribution in [-0.4, -0.2) is 21.1 Å². The van der Waals surface area contributed by atoms with E-state index in [1.807, 2.05) is 31.2 Å². The van der Waals surface area contributed by atoms with Crippen LogP contribution in [-0.2, 0) is 11.3 Å². The van der Waals surface area contributed by atoms with E-state index in [2.05, 4.69) is 27.4 Å². The molecule has 1 amide bonds. The van der Waals surface area contributed by atoms with Gasteiger partial charge in [0.05, 0.1) is 6.54 Å². The van der Waals surface area contributed by atoms with Gasteiger partial charge >= 0.3 is 0 Å². The number of carbonyl (C=O) groups excluding carboxylic acids is 1. The molecule has 1 atom stereocenters. The zero-order valence-corrected chi connectivity index (χ0v) is 12.4. The van der Waals surface area contributed by atoms with Crippen LogP contribution in [0.5, 0.6) is 0 Å². The second-order valence-corrected chi connectivity index (χ2v) is 5.07. The minimum atomic E-state index is 0.0230. The molecule has 1 heterocycles. The number of nitrogens with two attached hydrogens (primary N) is 1. The third kappa shape index (κ3) is 3.88. The smallest absolute Gasteiger partial charge is 0.227 e. The molecular formula is C15H21N5O. The van der Waals surface area contributed by atoms with Crippen LogP contribution in [0.25, 0.3) is 11.4 Å². The molecule has 21 heavy (non-hydrogen) atoms. The lowest BCUT2D eigenvalue weighted by Gasteiger charge is -2.11. The van der Waals surface area contributed by atoms with E-state index in [0.717, 1.165) is 24.1 Å². The number of hydrogen-bond donors (Lipinski definition) is 3. The minimum Gasteiger partial charge on any atom is -0.326 e. The maximum absolute atomic E-state index is 11.9. The van der Waals surface area contributed by atoms with Gasteiger partial charge in [-0.15, -0.1) is 0 Å². The van der Waals surface area contributed by atoms with E-state index in [-0.39, 0.29) is 11.8 Å². The van der Waals surface area contributed by atoms with Crippen LogP contribution < -0.4 is 11.1 Å². The first-order valence-corrected chi connectivity index (χ1v) is 7.16. The number of carbonyl (C=O) groups is 1. The van der Waals surface area contributed by atoms with Crippen molar-refractivity contribution in [3.8, 4) is 11.4 Å². The summed E-state index contributed by atoms with van der Waals surface area (Å²) in [6.45, 7) is 4.34. The number of benzene rings is 1. The van der Waals surface area contributed by atoms with Crippen LogP contribution >= 0.6 is 0 Å². The van der Waals surface area contributed by atoms with E-state index in [1.165, 1.54) is 0 Å². The molecular weight excluding hydrogens is 266 g/mol. The number of aromatic nitrogens is 3. The lowest BCUT2D eigenvalue weighted by molar-refractivity contribution is -0.119. The first-order chi connectivity index (χ1) is 10.1. The SMILES string of the molecule is CCCC(C)C(=O)Nc1ccc(-c2n[nH]c(CN)n2)cc1. The molecule has 112 valence electrons. The Labute approximate surface area is 124 Å². The zero-order valence-electron chi connectivity index (χ0n) is 12.4. The molecule has 6 nitrogen and oxygen atoms in total. The topological polar surface area (TPSA) is 96.7 Å². The molecule has 2 aromatic rings.